The Balaban J connectivity index is 1.05. The monoisotopic (exact) mass is 726 g/mol. The summed E-state index contributed by atoms with van der Waals surface area (Å²) in [6.45, 7) is 0. The normalized spacial score (nSPS) is 11.5. The van der Waals surface area contributed by atoms with Gasteiger partial charge in [-0.25, -0.2) is 9.97 Å². The molecule has 57 heavy (non-hydrogen) atoms. The Morgan fingerprint density at radius 2 is 0.860 bits per heavy atom. The molecule has 0 aliphatic rings. The predicted octanol–water partition coefficient (Wildman–Crippen LogP) is 14.7. The molecule has 11 rings (SSSR count). The first-order valence-corrected chi connectivity index (χ1v) is 19.3. The molecule has 0 N–H and O–H groups in total. The highest BCUT2D eigenvalue weighted by Crippen LogP contribution is 2.44. The molecule has 0 aliphatic carbocycles. The van der Waals surface area contributed by atoms with Crippen LogP contribution >= 0.6 is 0 Å². The van der Waals surface area contributed by atoms with E-state index in [1.807, 2.05) is 36.4 Å². The number of fused-ring (bicyclic) bond motifs is 6. The summed E-state index contributed by atoms with van der Waals surface area (Å²) >= 11 is 0. The maximum atomic E-state index is 6.76. The maximum absolute atomic E-state index is 6.76. The van der Waals surface area contributed by atoms with Crippen LogP contribution in [0.3, 0.4) is 0 Å². The summed E-state index contributed by atoms with van der Waals surface area (Å²) in [6, 6.07) is 72.7. The van der Waals surface area contributed by atoms with Gasteiger partial charge in [0.25, 0.3) is 0 Å². The van der Waals surface area contributed by atoms with Gasteiger partial charge in [-0.1, -0.05) is 176 Å². The standard InChI is InChI=1S/C54H34N2O/c1-3-16-36(17-4-1)49-34-50(56-54(55-49)37-18-5-2-6-19-37)41-24-12-22-39(32-41)38-21-11-23-40(31-38)43-28-14-30-51-52(43)48-33-47(45-26-9-10-27-46(45)53(48)57-51)44-29-13-20-35-15-7-8-25-42(35)44/h1-34H. The van der Waals surface area contributed by atoms with Crippen LogP contribution in [0.25, 0.3) is 111 Å². The minimum atomic E-state index is 0.705. The fraction of sp³-hybridized carbons (Fsp3) is 0. The van der Waals surface area contributed by atoms with Gasteiger partial charge in [-0.2, -0.15) is 0 Å². The molecule has 3 heteroatoms. The largest absolute Gasteiger partial charge is 0.455 e. The van der Waals surface area contributed by atoms with E-state index in [0.29, 0.717) is 5.82 Å². The van der Waals surface area contributed by atoms with Gasteiger partial charge in [0, 0.05) is 32.8 Å². The van der Waals surface area contributed by atoms with Gasteiger partial charge in [-0.3, -0.25) is 0 Å². The molecule has 0 bridgehead atoms. The summed E-state index contributed by atoms with van der Waals surface area (Å²) in [5.74, 6) is 0.705. The van der Waals surface area contributed by atoms with Crippen molar-refractivity contribution in [1.82, 2.24) is 9.97 Å². The molecule has 0 saturated carbocycles. The highest BCUT2D eigenvalue weighted by atomic mass is 16.3. The average molecular weight is 727 g/mol. The van der Waals surface area contributed by atoms with Crippen molar-refractivity contribution in [3.63, 3.8) is 0 Å². The second-order valence-corrected chi connectivity index (χ2v) is 14.5. The Labute approximate surface area is 330 Å². The number of hydrogen-bond acceptors (Lipinski definition) is 3. The van der Waals surface area contributed by atoms with Crippen LogP contribution in [0, 0.1) is 0 Å². The molecule has 2 heterocycles. The first-order valence-electron chi connectivity index (χ1n) is 19.3. The van der Waals surface area contributed by atoms with Gasteiger partial charge in [-0.15, -0.1) is 0 Å². The van der Waals surface area contributed by atoms with Crippen molar-refractivity contribution in [2.75, 3.05) is 0 Å². The quantitative estimate of drug-likeness (QED) is 0.171. The smallest absolute Gasteiger partial charge is 0.160 e. The van der Waals surface area contributed by atoms with Crippen molar-refractivity contribution in [1.29, 1.82) is 0 Å². The first kappa shape index (κ1) is 32.8. The Morgan fingerprint density at radius 3 is 1.65 bits per heavy atom. The summed E-state index contributed by atoms with van der Waals surface area (Å²) in [7, 11) is 0. The molecule has 0 fully saturated rings. The number of benzene rings is 9. The third-order valence-electron chi connectivity index (χ3n) is 11.1. The highest BCUT2D eigenvalue weighted by molar-refractivity contribution is 6.23. The third kappa shape index (κ3) is 5.76. The van der Waals surface area contributed by atoms with E-state index in [9.17, 15) is 0 Å². The molecule has 0 spiro atoms. The van der Waals surface area contributed by atoms with Gasteiger partial charge >= 0.3 is 0 Å². The van der Waals surface area contributed by atoms with Crippen LogP contribution < -0.4 is 0 Å². The molecule has 2 aromatic heterocycles. The lowest BCUT2D eigenvalue weighted by Crippen LogP contribution is -1.96. The average Bonchev–Trinajstić information content (AvgIpc) is 3.68. The van der Waals surface area contributed by atoms with Gasteiger partial charge < -0.3 is 4.42 Å². The Bertz CT molecular complexity index is 3230. The lowest BCUT2D eigenvalue weighted by atomic mass is 9.90. The summed E-state index contributed by atoms with van der Waals surface area (Å²) in [5, 5.41) is 6.99. The van der Waals surface area contributed by atoms with Crippen molar-refractivity contribution in [3.8, 4) is 67.3 Å². The zero-order valence-corrected chi connectivity index (χ0v) is 30.9. The minimum Gasteiger partial charge on any atom is -0.455 e. The molecule has 0 aliphatic heterocycles. The predicted molar refractivity (Wildman–Crippen MR) is 237 cm³/mol. The maximum Gasteiger partial charge on any atom is 0.160 e. The molecule has 3 nitrogen and oxygen atoms in total. The fourth-order valence-electron chi connectivity index (χ4n) is 8.36. The van der Waals surface area contributed by atoms with Crippen LogP contribution in [0.1, 0.15) is 0 Å². The zero-order valence-electron chi connectivity index (χ0n) is 30.9. The van der Waals surface area contributed by atoms with Crippen molar-refractivity contribution < 1.29 is 4.42 Å². The molecule has 266 valence electrons. The van der Waals surface area contributed by atoms with Gasteiger partial charge in [-0.05, 0) is 79.9 Å². The SMILES string of the molecule is c1ccc(-c2cc(-c3cccc(-c4cccc(-c5cccc6oc7c8ccccc8c(-c8cccc9ccccc89)cc7c56)c4)c3)nc(-c3ccccc3)n2)cc1. The minimum absolute atomic E-state index is 0.705. The van der Waals surface area contributed by atoms with Crippen molar-refractivity contribution >= 4 is 43.5 Å². The van der Waals surface area contributed by atoms with Crippen molar-refractivity contribution in [3.05, 3.63) is 206 Å². The Kier molecular flexibility index (Phi) is 7.82. The molecule has 0 amide bonds. The molecule has 9 aromatic carbocycles. The lowest BCUT2D eigenvalue weighted by Gasteiger charge is -2.12. The van der Waals surface area contributed by atoms with E-state index in [2.05, 4.69) is 170 Å². The fourth-order valence-corrected chi connectivity index (χ4v) is 8.36. The van der Waals surface area contributed by atoms with Gasteiger partial charge in [0.15, 0.2) is 5.82 Å². The molecular weight excluding hydrogens is 693 g/mol. The van der Waals surface area contributed by atoms with Gasteiger partial charge in [0.2, 0.25) is 0 Å². The molecular formula is C54H34N2O. The van der Waals surface area contributed by atoms with E-state index >= 15 is 0 Å². The van der Waals surface area contributed by atoms with E-state index in [1.54, 1.807) is 0 Å². The molecule has 0 unspecified atom stereocenters. The van der Waals surface area contributed by atoms with Gasteiger partial charge in [0.1, 0.15) is 11.2 Å². The number of rotatable bonds is 6. The van der Waals surface area contributed by atoms with Crippen molar-refractivity contribution in [2.45, 2.75) is 0 Å². The van der Waals surface area contributed by atoms with Crippen LogP contribution in [-0.2, 0) is 0 Å². The number of furan rings is 1. The lowest BCUT2D eigenvalue weighted by molar-refractivity contribution is 0.673. The first-order chi connectivity index (χ1) is 28.2. The summed E-state index contributed by atoms with van der Waals surface area (Å²) < 4.78 is 6.76. The number of aromatic nitrogens is 2. The number of nitrogens with zero attached hydrogens (tertiary/aromatic N) is 2. The van der Waals surface area contributed by atoms with Crippen LogP contribution in [-0.4, -0.2) is 9.97 Å². The third-order valence-corrected chi connectivity index (χ3v) is 11.1. The Morgan fingerprint density at radius 1 is 0.316 bits per heavy atom. The molecule has 0 atom stereocenters. The van der Waals surface area contributed by atoms with Crippen LogP contribution in [0.4, 0.5) is 0 Å². The van der Waals surface area contributed by atoms with Crippen LogP contribution in [0.5, 0.6) is 0 Å². The van der Waals surface area contributed by atoms with E-state index in [0.717, 1.165) is 77.7 Å². The molecule has 11 aromatic rings. The van der Waals surface area contributed by atoms with E-state index in [1.165, 1.54) is 27.3 Å². The Hall–Kier alpha value is -7.62. The second kappa shape index (κ2) is 13.6. The van der Waals surface area contributed by atoms with Crippen LogP contribution in [0.15, 0.2) is 211 Å². The van der Waals surface area contributed by atoms with Gasteiger partial charge in [0.05, 0.1) is 11.4 Å². The second-order valence-electron chi connectivity index (χ2n) is 14.5. The highest BCUT2D eigenvalue weighted by Gasteiger charge is 2.19. The summed E-state index contributed by atoms with van der Waals surface area (Å²) in [5.41, 5.74) is 13.6. The van der Waals surface area contributed by atoms with E-state index in [4.69, 9.17) is 14.4 Å². The topological polar surface area (TPSA) is 38.9 Å². The van der Waals surface area contributed by atoms with Crippen LogP contribution in [0.2, 0.25) is 0 Å². The van der Waals surface area contributed by atoms with E-state index in [-0.39, 0.29) is 0 Å². The van der Waals surface area contributed by atoms with E-state index < -0.39 is 0 Å². The molecule has 0 saturated heterocycles. The summed E-state index contributed by atoms with van der Waals surface area (Å²) in [4.78, 5) is 10.1. The van der Waals surface area contributed by atoms with Crippen molar-refractivity contribution in [2.24, 2.45) is 0 Å². The summed E-state index contributed by atoms with van der Waals surface area (Å²) in [6.07, 6.45) is 0. The number of hydrogen-bond donors (Lipinski definition) is 0. The molecule has 0 radical (unpaired) electrons. The zero-order chi connectivity index (χ0) is 37.7.